The van der Waals surface area contributed by atoms with Crippen LogP contribution in [0.4, 0.5) is 5.69 Å². The van der Waals surface area contributed by atoms with Crippen molar-refractivity contribution in [1.29, 1.82) is 0 Å². The molecule has 1 aromatic rings. The summed E-state index contributed by atoms with van der Waals surface area (Å²) >= 11 is 0. The number of allylic oxidation sites excluding steroid dienone is 6. The summed E-state index contributed by atoms with van der Waals surface area (Å²) < 4.78 is 33.5. The molecule has 0 spiro atoms. The Bertz CT molecular complexity index is 2420. The van der Waals surface area contributed by atoms with Gasteiger partial charge in [0.25, 0.3) is 0 Å². The van der Waals surface area contributed by atoms with Crippen molar-refractivity contribution in [3.8, 4) is 11.8 Å². The minimum atomic E-state index is -3.04. The van der Waals surface area contributed by atoms with E-state index in [0.717, 1.165) is 82.9 Å². The molecule has 11 heteroatoms. The van der Waals surface area contributed by atoms with Crippen LogP contribution < -0.4 is 4.90 Å². The Labute approximate surface area is 437 Å². The molecule has 400 valence electrons. The summed E-state index contributed by atoms with van der Waals surface area (Å²) in [6.45, 7) is 21.8. The van der Waals surface area contributed by atoms with Crippen LogP contribution in [0.3, 0.4) is 0 Å². The predicted octanol–water partition coefficient (Wildman–Crippen LogP) is 12.2. The molecule has 17 atom stereocenters. The molecule has 6 saturated carbocycles. The van der Waals surface area contributed by atoms with Gasteiger partial charge in [0.2, 0.25) is 7.37 Å². The Morgan fingerprint density at radius 3 is 2.38 bits per heavy atom. The third-order valence-electron chi connectivity index (χ3n) is 21.7. The van der Waals surface area contributed by atoms with Crippen LogP contribution in [-0.2, 0) is 28.2 Å². The van der Waals surface area contributed by atoms with Gasteiger partial charge in [0.05, 0.1) is 30.8 Å². The number of fused-ring (bicyclic) bond motifs is 9. The van der Waals surface area contributed by atoms with Crippen molar-refractivity contribution in [3.63, 3.8) is 0 Å². The van der Waals surface area contributed by atoms with E-state index in [9.17, 15) is 29.5 Å². The maximum absolute atomic E-state index is 13.7. The largest absolute Gasteiger partial charge is 0.481 e. The normalized spacial score (nSPS) is 39.5. The van der Waals surface area contributed by atoms with Crippen molar-refractivity contribution < 1.29 is 43.5 Å². The van der Waals surface area contributed by atoms with E-state index in [-0.39, 0.29) is 88.9 Å². The molecule has 0 aliphatic heterocycles. The van der Waals surface area contributed by atoms with E-state index in [1.807, 2.05) is 13.0 Å². The molecule has 0 heterocycles. The smallest absolute Gasteiger partial charge is 0.306 e. The summed E-state index contributed by atoms with van der Waals surface area (Å²) in [5.41, 5.74) is 4.89. The van der Waals surface area contributed by atoms with E-state index in [1.54, 1.807) is 19.1 Å². The molecule has 8 aliphatic rings. The number of carbonyl (C=O) groups is 2. The van der Waals surface area contributed by atoms with Crippen LogP contribution >= 0.6 is 7.37 Å². The van der Waals surface area contributed by atoms with Gasteiger partial charge in [-0.15, -0.1) is 19.1 Å². The van der Waals surface area contributed by atoms with Crippen molar-refractivity contribution in [2.45, 2.75) is 168 Å². The number of ketones is 1. The number of aliphatic hydroxyl groups is 2. The Kier molecular flexibility index (Phi) is 15.9. The molecule has 3 N–H and O–H groups in total. The first kappa shape index (κ1) is 54.5. The monoisotopic (exact) mass is 1020 g/mol. The van der Waals surface area contributed by atoms with E-state index in [2.05, 4.69) is 88.9 Å². The molecule has 0 saturated heterocycles. The molecular weight excluding hydrogens is 934 g/mol. The fourth-order valence-corrected chi connectivity index (χ4v) is 19.2. The number of nitrogens with zero attached hydrogens (tertiary/aromatic N) is 1. The highest BCUT2D eigenvalue weighted by Crippen LogP contribution is 2.70. The van der Waals surface area contributed by atoms with Crippen LogP contribution in [0.15, 0.2) is 72.4 Å². The summed E-state index contributed by atoms with van der Waals surface area (Å²) in [4.78, 5) is 26.8. The third-order valence-corrected chi connectivity index (χ3v) is 23.9. The Morgan fingerprint density at radius 1 is 0.945 bits per heavy atom. The van der Waals surface area contributed by atoms with E-state index in [4.69, 9.17) is 14.0 Å². The summed E-state index contributed by atoms with van der Waals surface area (Å²) in [5, 5.41) is 34.4. The molecule has 10 nitrogen and oxygen atoms in total. The lowest BCUT2D eigenvalue weighted by molar-refractivity contribution is -0.227. The van der Waals surface area contributed by atoms with E-state index in [1.165, 1.54) is 22.3 Å². The van der Waals surface area contributed by atoms with Gasteiger partial charge in [0.15, 0.2) is 12.6 Å². The van der Waals surface area contributed by atoms with E-state index in [0.29, 0.717) is 50.0 Å². The minimum absolute atomic E-state index is 0.00814. The Balaban J connectivity index is 0.883. The van der Waals surface area contributed by atoms with Gasteiger partial charge < -0.3 is 34.2 Å². The number of carbonyl (C=O) groups excluding carboxylic acids is 1. The fraction of sp³-hybridized carbons (Fsp3) is 0.710. The first-order valence-electron chi connectivity index (χ1n) is 28.3. The number of ether oxygens (including phenoxy) is 2. The highest BCUT2D eigenvalue weighted by molar-refractivity contribution is 7.59. The third kappa shape index (κ3) is 9.79. The molecule has 1 unspecified atom stereocenters. The number of hydrogen-bond donors (Lipinski definition) is 3. The topological polar surface area (TPSA) is 143 Å². The van der Waals surface area contributed by atoms with Crippen LogP contribution in [0.2, 0.25) is 0 Å². The van der Waals surface area contributed by atoms with E-state index < -0.39 is 31.0 Å². The fourth-order valence-electron chi connectivity index (χ4n) is 17.8. The lowest BCUT2D eigenvalue weighted by Crippen LogP contribution is -2.63. The SMILES string of the molecule is C=CCP(=O)(CC=C)OCO[C@@H]1C[C@@H]2C[C@@H](OCCN(C)c3ccc([C@H]4C[C@@]5(C)[C@@H](CC[C@]5(O)C#CC)[C@@H]5CCC6=CC(=O)CCC6=C54)cc3)CC[C@]2(C)[C@H]2C[C@H](O)[C@]3(C)[C@@H]([C@H](C)CC(C)C(=O)O)CC[C@H]3[C@H]12. The summed E-state index contributed by atoms with van der Waals surface area (Å²) in [7, 11) is -0.903. The average molecular weight is 1020 g/mol. The van der Waals surface area contributed by atoms with Crippen LogP contribution in [0.5, 0.6) is 0 Å². The number of benzene rings is 1. The van der Waals surface area contributed by atoms with Gasteiger partial charge in [-0.05, 0) is 190 Å². The molecule has 9 rings (SSSR count). The van der Waals surface area contributed by atoms with Gasteiger partial charge in [-0.1, -0.05) is 70.4 Å². The zero-order valence-electron chi connectivity index (χ0n) is 45.3. The van der Waals surface area contributed by atoms with Gasteiger partial charge in [0, 0.05) is 49.4 Å². The van der Waals surface area contributed by atoms with Gasteiger partial charge >= 0.3 is 5.97 Å². The molecule has 0 aromatic heterocycles. The van der Waals surface area contributed by atoms with Crippen LogP contribution in [-0.4, -0.2) is 90.3 Å². The first-order valence-corrected chi connectivity index (χ1v) is 30.3. The second-order valence-electron chi connectivity index (χ2n) is 25.2. The number of rotatable bonds is 18. The van der Waals surface area contributed by atoms with Crippen LogP contribution in [0.1, 0.15) is 149 Å². The Hall–Kier alpha value is -3.29. The van der Waals surface area contributed by atoms with Crippen molar-refractivity contribution in [2.24, 2.45) is 69.5 Å². The number of aliphatic hydroxyl groups excluding tert-OH is 1. The van der Waals surface area contributed by atoms with Crippen molar-refractivity contribution in [1.82, 2.24) is 0 Å². The highest BCUT2D eigenvalue weighted by Gasteiger charge is 2.67. The summed E-state index contributed by atoms with van der Waals surface area (Å²) in [6.07, 6.45) is 18.0. The van der Waals surface area contributed by atoms with Crippen molar-refractivity contribution >= 4 is 24.8 Å². The molecule has 0 amide bonds. The second-order valence-corrected chi connectivity index (χ2v) is 27.9. The van der Waals surface area contributed by atoms with Crippen LogP contribution in [0.25, 0.3) is 0 Å². The van der Waals surface area contributed by atoms with Crippen molar-refractivity contribution in [2.75, 3.05) is 44.2 Å². The molecule has 8 aliphatic carbocycles. The second kappa shape index (κ2) is 21.3. The van der Waals surface area contributed by atoms with Crippen LogP contribution in [0, 0.1) is 81.3 Å². The van der Waals surface area contributed by atoms with Gasteiger partial charge in [-0.2, -0.15) is 0 Å². The predicted molar refractivity (Wildman–Crippen MR) is 289 cm³/mol. The lowest BCUT2D eigenvalue weighted by Gasteiger charge is -2.64. The molecule has 0 radical (unpaired) electrons. The molecule has 73 heavy (non-hydrogen) atoms. The number of carboxylic acid groups (broad SMARTS) is 1. The zero-order valence-corrected chi connectivity index (χ0v) is 46.2. The molecule has 6 fully saturated rings. The maximum atomic E-state index is 13.7. The maximum Gasteiger partial charge on any atom is 0.306 e. The van der Waals surface area contributed by atoms with E-state index >= 15 is 0 Å². The molecular formula is C62H88NO9P. The number of anilines is 1. The average Bonchev–Trinajstić information content (AvgIpc) is 3.85. The number of likely N-dealkylation sites (N-methyl/N-ethyl adjacent to an activating group) is 1. The standard InChI is InChI=1S/C62H88NO9P/c1-10-25-62(68)27-24-51-48-19-15-42-33-45(64)18-20-47(42)56(48)49(37-60(51,62)7)41-13-16-44(17-14-41)63(9)28-29-70-46-23-26-59(6)43(34-46)35-54(71-38-72-73(69,30-11-2)31-12-3)57-52-22-21-50(39(4)32-40(5)58(66)67)61(52,8)55(65)36-53(57)59/h11-14,16-17,33,39-40,43,46,48-55,57,65,68H,2-3,15,18-24,26-32,34-38H2,1,4-9H3,(H,66,67)/t39-,40?,43+,46+,48+,49-,50-,51+,52+,53+,54-,55+,57+,59+,60+,61-,62-/m1/s1. The summed E-state index contributed by atoms with van der Waals surface area (Å²) in [6, 6.07) is 9.09. The molecule has 1 aromatic carbocycles. The first-order chi connectivity index (χ1) is 34.7. The lowest BCUT2D eigenvalue weighted by atomic mass is 9.43. The Morgan fingerprint density at radius 2 is 1.68 bits per heavy atom. The van der Waals surface area contributed by atoms with Gasteiger partial charge in [-0.25, -0.2) is 0 Å². The minimum Gasteiger partial charge on any atom is -0.481 e. The highest BCUT2D eigenvalue weighted by atomic mass is 31.2. The van der Waals surface area contributed by atoms with Gasteiger partial charge in [-0.3, -0.25) is 14.2 Å². The molecule has 0 bridgehead atoms. The quantitative estimate of drug-likeness (QED) is 0.0563. The van der Waals surface area contributed by atoms with Crippen molar-refractivity contribution in [3.05, 3.63) is 77.9 Å². The summed E-state index contributed by atoms with van der Waals surface area (Å²) in [5.74, 6) is 7.65. The number of hydrogen-bond acceptors (Lipinski definition) is 9. The zero-order chi connectivity index (χ0) is 52.3. The number of aliphatic carboxylic acids is 1. The van der Waals surface area contributed by atoms with Gasteiger partial charge in [0.1, 0.15) is 5.60 Å². The number of carboxylic acids is 1.